The molecule has 82 valence electrons. The smallest absolute Gasteiger partial charge is 0.275 e. The number of amidine groups is 1. The van der Waals surface area contributed by atoms with E-state index in [1.165, 1.54) is 24.0 Å². The highest BCUT2D eigenvalue weighted by Crippen LogP contribution is 2.13. The van der Waals surface area contributed by atoms with Gasteiger partial charge in [0, 0.05) is 12.3 Å². The molecule has 0 saturated heterocycles. The first kappa shape index (κ1) is 10.7. The van der Waals surface area contributed by atoms with Gasteiger partial charge in [0.05, 0.1) is 0 Å². The zero-order valence-electron chi connectivity index (χ0n) is 8.48. The van der Waals surface area contributed by atoms with E-state index in [2.05, 4.69) is 15.3 Å². The lowest BCUT2D eigenvalue weighted by molar-refractivity contribution is -0.115. The summed E-state index contributed by atoms with van der Waals surface area (Å²) in [5.41, 5.74) is 0.901. The van der Waals surface area contributed by atoms with Crippen molar-refractivity contribution in [2.24, 2.45) is 4.99 Å². The Morgan fingerprint density at radius 3 is 2.75 bits per heavy atom. The molecular weight excluding hydrogens is 226 g/mol. The molecule has 1 amide bonds. The van der Waals surface area contributed by atoms with Gasteiger partial charge >= 0.3 is 0 Å². The fourth-order valence-electron chi connectivity index (χ4n) is 1.21. The van der Waals surface area contributed by atoms with Crippen molar-refractivity contribution in [2.45, 2.75) is 0 Å². The molecule has 0 aromatic carbocycles. The van der Waals surface area contributed by atoms with E-state index in [1.807, 2.05) is 6.26 Å². The minimum Gasteiger partial charge on any atom is -0.329 e. The Bertz CT molecular complexity index is 525. The van der Waals surface area contributed by atoms with Crippen LogP contribution in [0, 0.1) is 0 Å². The summed E-state index contributed by atoms with van der Waals surface area (Å²) in [7, 11) is 0. The van der Waals surface area contributed by atoms with Crippen molar-refractivity contribution in [1.82, 2.24) is 10.3 Å². The highest BCUT2D eigenvalue weighted by Gasteiger charge is 2.18. The molecular formula is C10H9N3O2S. The molecule has 0 radical (unpaired) electrons. The molecule has 1 aromatic heterocycles. The molecule has 0 spiro atoms. The van der Waals surface area contributed by atoms with Crippen molar-refractivity contribution in [1.29, 1.82) is 0 Å². The van der Waals surface area contributed by atoms with Gasteiger partial charge in [-0.15, -0.1) is 0 Å². The van der Waals surface area contributed by atoms with Crippen molar-refractivity contribution in [3.05, 3.63) is 39.9 Å². The van der Waals surface area contributed by atoms with Gasteiger partial charge < -0.3 is 4.98 Å². The van der Waals surface area contributed by atoms with Crippen molar-refractivity contribution >= 4 is 28.9 Å². The summed E-state index contributed by atoms with van der Waals surface area (Å²) >= 11 is 1.37. The highest BCUT2D eigenvalue weighted by atomic mass is 32.2. The van der Waals surface area contributed by atoms with E-state index in [0.717, 1.165) is 5.56 Å². The lowest BCUT2D eigenvalue weighted by Crippen LogP contribution is -2.21. The highest BCUT2D eigenvalue weighted by molar-refractivity contribution is 8.13. The zero-order valence-corrected chi connectivity index (χ0v) is 9.30. The summed E-state index contributed by atoms with van der Waals surface area (Å²) in [5, 5.41) is 3.20. The van der Waals surface area contributed by atoms with E-state index in [-0.39, 0.29) is 11.5 Å². The van der Waals surface area contributed by atoms with Crippen molar-refractivity contribution < 1.29 is 4.79 Å². The number of aromatic amines is 1. The van der Waals surface area contributed by atoms with Crippen LogP contribution < -0.4 is 10.9 Å². The average molecular weight is 235 g/mol. The van der Waals surface area contributed by atoms with Gasteiger partial charge in [0.15, 0.2) is 5.17 Å². The number of thioether (sulfide) groups is 1. The standard InChI is InChI=1S/C10H9N3O2S/c1-16-10-12-7(9(15)13-10)4-6-2-3-8(14)11-5-6/h2-5H,1H3,(H,11,14)(H,12,13,15)/b7-4+. The lowest BCUT2D eigenvalue weighted by atomic mass is 10.2. The molecule has 6 heteroatoms. The van der Waals surface area contributed by atoms with Crippen LogP contribution in [0.5, 0.6) is 0 Å². The number of carbonyl (C=O) groups is 1. The number of H-pyrrole nitrogens is 1. The van der Waals surface area contributed by atoms with Crippen LogP contribution in [0.1, 0.15) is 5.56 Å². The lowest BCUT2D eigenvalue weighted by Gasteiger charge is -1.93. The Morgan fingerprint density at radius 2 is 2.19 bits per heavy atom. The molecule has 0 unspecified atom stereocenters. The monoisotopic (exact) mass is 235 g/mol. The minimum absolute atomic E-state index is 0.175. The van der Waals surface area contributed by atoms with Crippen LogP contribution in [0.4, 0.5) is 0 Å². The molecule has 1 aromatic rings. The number of aliphatic imine (C=N–C) groups is 1. The van der Waals surface area contributed by atoms with Crippen LogP contribution in [0.2, 0.25) is 0 Å². The molecule has 0 atom stereocenters. The molecule has 1 aliphatic rings. The summed E-state index contributed by atoms with van der Waals surface area (Å²) in [6.07, 6.45) is 4.99. The van der Waals surface area contributed by atoms with Crippen molar-refractivity contribution in [2.75, 3.05) is 6.26 Å². The topological polar surface area (TPSA) is 74.3 Å². The largest absolute Gasteiger partial charge is 0.329 e. The minimum atomic E-state index is -0.226. The first-order valence-electron chi connectivity index (χ1n) is 4.53. The Labute approximate surface area is 95.7 Å². The fraction of sp³-hybridized carbons (Fsp3) is 0.100. The zero-order chi connectivity index (χ0) is 11.5. The number of pyridine rings is 1. The molecule has 2 rings (SSSR count). The SMILES string of the molecule is CSC1=N/C(=C/c2ccc(=O)[nH]c2)C(=O)N1. The molecule has 1 aliphatic heterocycles. The third-order valence-electron chi connectivity index (χ3n) is 1.98. The quantitative estimate of drug-likeness (QED) is 0.699. The molecule has 2 N–H and O–H groups in total. The third-order valence-corrected chi connectivity index (χ3v) is 2.56. The van der Waals surface area contributed by atoms with Gasteiger partial charge in [-0.2, -0.15) is 0 Å². The van der Waals surface area contributed by atoms with Crippen LogP contribution in [0.15, 0.2) is 33.8 Å². The summed E-state index contributed by atoms with van der Waals surface area (Å²) < 4.78 is 0. The molecule has 0 fully saturated rings. The first-order chi connectivity index (χ1) is 7.69. The van der Waals surface area contributed by atoms with Gasteiger partial charge in [0.25, 0.3) is 5.91 Å². The van der Waals surface area contributed by atoms with Crippen LogP contribution >= 0.6 is 11.8 Å². The number of rotatable bonds is 1. The maximum absolute atomic E-state index is 11.4. The van der Waals surface area contributed by atoms with Crippen molar-refractivity contribution in [3.8, 4) is 0 Å². The predicted molar refractivity (Wildman–Crippen MR) is 64.1 cm³/mol. The van der Waals surface area contributed by atoms with E-state index < -0.39 is 0 Å². The van der Waals surface area contributed by atoms with Crippen LogP contribution in [0.25, 0.3) is 6.08 Å². The van der Waals surface area contributed by atoms with Crippen LogP contribution in [-0.2, 0) is 4.79 Å². The normalized spacial score (nSPS) is 17.4. The molecule has 2 heterocycles. The van der Waals surface area contributed by atoms with Crippen molar-refractivity contribution in [3.63, 3.8) is 0 Å². The van der Waals surface area contributed by atoms with Gasteiger partial charge in [-0.1, -0.05) is 11.8 Å². The van der Waals surface area contributed by atoms with E-state index in [0.29, 0.717) is 10.9 Å². The van der Waals surface area contributed by atoms with E-state index in [9.17, 15) is 9.59 Å². The van der Waals surface area contributed by atoms with Crippen LogP contribution in [0.3, 0.4) is 0 Å². The summed E-state index contributed by atoms with van der Waals surface area (Å²) in [4.78, 5) is 28.9. The number of carbonyl (C=O) groups excluding carboxylic acids is 1. The second-order valence-corrected chi connectivity index (χ2v) is 3.89. The Balaban J connectivity index is 2.31. The second-order valence-electron chi connectivity index (χ2n) is 3.09. The number of nitrogens with zero attached hydrogens (tertiary/aromatic N) is 1. The summed E-state index contributed by atoms with van der Waals surface area (Å²) in [6.45, 7) is 0. The van der Waals surface area contributed by atoms with E-state index in [4.69, 9.17) is 0 Å². The number of aromatic nitrogens is 1. The van der Waals surface area contributed by atoms with Gasteiger partial charge in [-0.05, 0) is 24.0 Å². The average Bonchev–Trinajstić information content (AvgIpc) is 2.63. The summed E-state index contributed by atoms with van der Waals surface area (Å²) in [5.74, 6) is -0.226. The maximum atomic E-state index is 11.4. The molecule has 16 heavy (non-hydrogen) atoms. The number of hydrogen-bond acceptors (Lipinski definition) is 4. The van der Waals surface area contributed by atoms with Gasteiger partial charge in [-0.25, -0.2) is 4.99 Å². The van der Waals surface area contributed by atoms with Gasteiger partial charge in [0.1, 0.15) is 5.70 Å². The molecule has 0 saturated carbocycles. The van der Waals surface area contributed by atoms with Gasteiger partial charge in [-0.3, -0.25) is 14.9 Å². The van der Waals surface area contributed by atoms with E-state index >= 15 is 0 Å². The molecule has 0 bridgehead atoms. The summed E-state index contributed by atoms with van der Waals surface area (Å²) in [6, 6.07) is 3.03. The molecule has 5 nitrogen and oxygen atoms in total. The third kappa shape index (κ3) is 2.22. The number of hydrogen-bond donors (Lipinski definition) is 2. The number of amides is 1. The second kappa shape index (κ2) is 4.36. The fourth-order valence-corrected chi connectivity index (χ4v) is 1.60. The van der Waals surface area contributed by atoms with Gasteiger partial charge in [0.2, 0.25) is 5.56 Å². The Kier molecular flexibility index (Phi) is 2.91. The number of nitrogens with one attached hydrogen (secondary N) is 2. The Hall–Kier alpha value is -1.82. The Morgan fingerprint density at radius 1 is 1.38 bits per heavy atom. The van der Waals surface area contributed by atoms with E-state index in [1.54, 1.807) is 12.1 Å². The molecule has 0 aliphatic carbocycles. The maximum Gasteiger partial charge on any atom is 0.275 e. The first-order valence-corrected chi connectivity index (χ1v) is 5.76. The predicted octanol–water partition coefficient (Wildman–Crippen LogP) is 0.565. The van der Waals surface area contributed by atoms with Crippen LogP contribution in [-0.4, -0.2) is 22.3 Å².